The first kappa shape index (κ1) is 11.9. The number of hydrogen-bond acceptors (Lipinski definition) is 4. The molecule has 1 aromatic rings. The first-order chi connectivity index (χ1) is 8.77. The Morgan fingerprint density at radius 3 is 3.22 bits per heavy atom. The fourth-order valence-electron chi connectivity index (χ4n) is 3.05. The largest absolute Gasteiger partial charge is 0.389 e. The van der Waals surface area contributed by atoms with Crippen LogP contribution in [0.15, 0.2) is 18.5 Å². The Hall–Kier alpha value is -1.20. The van der Waals surface area contributed by atoms with Gasteiger partial charge in [-0.3, -0.25) is 4.98 Å². The third kappa shape index (κ3) is 1.97. The fourth-order valence-corrected chi connectivity index (χ4v) is 3.22. The van der Waals surface area contributed by atoms with Gasteiger partial charge in [0.25, 0.3) is 0 Å². The molecule has 1 saturated heterocycles. The topological polar surface area (TPSA) is 51.4 Å². The lowest BCUT2D eigenvalue weighted by Gasteiger charge is -2.39. The van der Waals surface area contributed by atoms with Crippen LogP contribution >= 0.6 is 12.2 Å². The minimum absolute atomic E-state index is 0.359. The molecule has 3 rings (SSSR count). The molecule has 0 spiro atoms. The van der Waals surface area contributed by atoms with E-state index < -0.39 is 0 Å². The summed E-state index contributed by atoms with van der Waals surface area (Å²) in [6.07, 6.45) is 7.53. The second-order valence-electron chi connectivity index (χ2n) is 4.86. The summed E-state index contributed by atoms with van der Waals surface area (Å²) >= 11 is 5.13. The van der Waals surface area contributed by atoms with E-state index in [4.69, 9.17) is 22.7 Å². The number of anilines is 1. The van der Waals surface area contributed by atoms with Crippen molar-refractivity contribution < 1.29 is 4.74 Å². The van der Waals surface area contributed by atoms with Crippen molar-refractivity contribution in [1.29, 1.82) is 0 Å². The maximum atomic E-state index is 5.83. The molecule has 2 fully saturated rings. The van der Waals surface area contributed by atoms with Crippen molar-refractivity contribution in [1.82, 2.24) is 4.98 Å². The molecule has 2 heterocycles. The van der Waals surface area contributed by atoms with Crippen LogP contribution in [-0.2, 0) is 4.74 Å². The highest BCUT2D eigenvalue weighted by Gasteiger charge is 2.37. The van der Waals surface area contributed by atoms with E-state index in [1.807, 2.05) is 12.3 Å². The van der Waals surface area contributed by atoms with Crippen molar-refractivity contribution >= 4 is 22.9 Å². The number of pyridine rings is 1. The highest BCUT2D eigenvalue weighted by molar-refractivity contribution is 7.80. The molecule has 1 saturated carbocycles. The van der Waals surface area contributed by atoms with Gasteiger partial charge in [0.1, 0.15) is 4.99 Å². The summed E-state index contributed by atoms with van der Waals surface area (Å²) in [5, 5.41) is 0. The molecule has 2 atom stereocenters. The Labute approximate surface area is 112 Å². The number of rotatable bonds is 2. The summed E-state index contributed by atoms with van der Waals surface area (Å²) in [4.78, 5) is 7.04. The zero-order valence-electron chi connectivity index (χ0n) is 10.2. The molecule has 1 aliphatic carbocycles. The number of morpholine rings is 1. The number of hydrogen-bond donors (Lipinski definition) is 1. The molecular weight excluding hydrogens is 246 g/mol. The molecule has 0 bridgehead atoms. The van der Waals surface area contributed by atoms with Gasteiger partial charge >= 0.3 is 0 Å². The summed E-state index contributed by atoms with van der Waals surface area (Å²) in [6.45, 7) is 1.66. The Morgan fingerprint density at radius 1 is 1.50 bits per heavy atom. The van der Waals surface area contributed by atoms with Gasteiger partial charge in [-0.05, 0) is 25.3 Å². The van der Waals surface area contributed by atoms with Crippen molar-refractivity contribution in [2.75, 3.05) is 18.1 Å². The van der Waals surface area contributed by atoms with Gasteiger partial charge in [-0.1, -0.05) is 12.2 Å². The Balaban J connectivity index is 1.96. The molecule has 4 nitrogen and oxygen atoms in total. The molecule has 2 N–H and O–H groups in total. The Kier molecular flexibility index (Phi) is 3.18. The molecular formula is C13H17N3OS. The van der Waals surface area contributed by atoms with Crippen LogP contribution in [-0.4, -0.2) is 35.3 Å². The summed E-state index contributed by atoms with van der Waals surface area (Å²) in [6, 6.07) is 2.35. The maximum Gasteiger partial charge on any atom is 0.106 e. The lowest BCUT2D eigenvalue weighted by atomic mass is 10.1. The zero-order chi connectivity index (χ0) is 12.5. The van der Waals surface area contributed by atoms with Crippen LogP contribution in [0.5, 0.6) is 0 Å². The van der Waals surface area contributed by atoms with E-state index >= 15 is 0 Å². The molecule has 0 amide bonds. The van der Waals surface area contributed by atoms with Crippen LogP contribution in [0.1, 0.15) is 24.8 Å². The quantitative estimate of drug-likeness (QED) is 0.819. The number of nitrogens with zero attached hydrogens (tertiary/aromatic N) is 2. The maximum absolute atomic E-state index is 5.83. The first-order valence-electron chi connectivity index (χ1n) is 6.39. The summed E-state index contributed by atoms with van der Waals surface area (Å²) in [5.74, 6) is 0. The van der Waals surface area contributed by atoms with Gasteiger partial charge in [0.2, 0.25) is 0 Å². The second-order valence-corrected chi connectivity index (χ2v) is 5.30. The van der Waals surface area contributed by atoms with Crippen LogP contribution in [0.3, 0.4) is 0 Å². The van der Waals surface area contributed by atoms with Gasteiger partial charge in [0.15, 0.2) is 0 Å². The molecule has 0 radical (unpaired) electrons. The molecule has 18 heavy (non-hydrogen) atoms. The van der Waals surface area contributed by atoms with E-state index in [9.17, 15) is 0 Å². The van der Waals surface area contributed by atoms with Crippen molar-refractivity contribution in [3.63, 3.8) is 0 Å². The SMILES string of the molecule is NC(=S)c1ccncc1N1CCOC2CCCC21. The van der Waals surface area contributed by atoms with Crippen molar-refractivity contribution in [3.05, 3.63) is 24.0 Å². The molecule has 96 valence electrons. The number of ether oxygens (including phenoxy) is 1. The third-order valence-electron chi connectivity index (χ3n) is 3.86. The molecule has 2 aliphatic rings. The molecule has 1 aromatic heterocycles. The molecule has 1 aliphatic heterocycles. The molecule has 2 unspecified atom stereocenters. The van der Waals surface area contributed by atoms with Crippen molar-refractivity contribution in [3.8, 4) is 0 Å². The highest BCUT2D eigenvalue weighted by atomic mass is 32.1. The van der Waals surface area contributed by atoms with Crippen LogP contribution in [0.4, 0.5) is 5.69 Å². The van der Waals surface area contributed by atoms with E-state index in [1.54, 1.807) is 6.20 Å². The van der Waals surface area contributed by atoms with Gasteiger partial charge < -0.3 is 15.4 Å². The van der Waals surface area contributed by atoms with Crippen LogP contribution in [0.25, 0.3) is 0 Å². The smallest absolute Gasteiger partial charge is 0.106 e. The van der Waals surface area contributed by atoms with E-state index in [0.29, 0.717) is 17.1 Å². The van der Waals surface area contributed by atoms with Gasteiger partial charge in [0.05, 0.1) is 30.6 Å². The standard InChI is InChI=1S/C13H17N3OS/c14-13(18)9-4-5-15-8-11(9)16-6-7-17-12-3-1-2-10(12)16/h4-5,8,10,12H,1-3,6-7H2,(H2,14,18). The fraction of sp³-hybridized carbons (Fsp3) is 0.538. The summed E-state index contributed by atoms with van der Waals surface area (Å²) < 4.78 is 5.83. The summed E-state index contributed by atoms with van der Waals surface area (Å²) in [7, 11) is 0. The summed E-state index contributed by atoms with van der Waals surface area (Å²) in [5.41, 5.74) is 7.79. The number of thiocarbonyl (C=S) groups is 1. The van der Waals surface area contributed by atoms with Crippen LogP contribution in [0, 0.1) is 0 Å². The van der Waals surface area contributed by atoms with Gasteiger partial charge in [0, 0.05) is 18.3 Å². The van der Waals surface area contributed by atoms with E-state index in [1.165, 1.54) is 12.8 Å². The predicted molar refractivity (Wildman–Crippen MR) is 74.8 cm³/mol. The van der Waals surface area contributed by atoms with Gasteiger partial charge in [-0.2, -0.15) is 0 Å². The van der Waals surface area contributed by atoms with Crippen molar-refractivity contribution in [2.45, 2.75) is 31.4 Å². The highest BCUT2D eigenvalue weighted by Crippen LogP contribution is 2.34. The Bertz CT molecular complexity index is 465. The van der Waals surface area contributed by atoms with Gasteiger partial charge in [-0.15, -0.1) is 0 Å². The molecule has 5 heteroatoms. The number of nitrogens with two attached hydrogens (primary N) is 1. The number of aromatic nitrogens is 1. The average Bonchev–Trinajstić information content (AvgIpc) is 2.86. The van der Waals surface area contributed by atoms with E-state index in [-0.39, 0.29) is 0 Å². The molecule has 0 aromatic carbocycles. The van der Waals surface area contributed by atoms with Crippen LogP contribution in [0.2, 0.25) is 0 Å². The Morgan fingerprint density at radius 2 is 2.39 bits per heavy atom. The van der Waals surface area contributed by atoms with E-state index in [0.717, 1.165) is 30.8 Å². The monoisotopic (exact) mass is 263 g/mol. The zero-order valence-corrected chi connectivity index (χ0v) is 11.0. The lowest BCUT2D eigenvalue weighted by Crippen LogP contribution is -2.49. The normalized spacial score (nSPS) is 27.0. The minimum atomic E-state index is 0.359. The van der Waals surface area contributed by atoms with E-state index in [2.05, 4.69) is 9.88 Å². The van der Waals surface area contributed by atoms with Gasteiger partial charge in [-0.25, -0.2) is 0 Å². The second kappa shape index (κ2) is 4.82. The third-order valence-corrected chi connectivity index (χ3v) is 4.08. The first-order valence-corrected chi connectivity index (χ1v) is 6.80. The average molecular weight is 263 g/mol. The van der Waals surface area contributed by atoms with Crippen molar-refractivity contribution in [2.24, 2.45) is 5.73 Å². The number of fused-ring (bicyclic) bond motifs is 1. The van der Waals surface area contributed by atoms with Crippen LogP contribution < -0.4 is 10.6 Å². The lowest BCUT2D eigenvalue weighted by molar-refractivity contribution is 0.0256. The predicted octanol–water partition coefficient (Wildman–Crippen LogP) is 1.47. The minimum Gasteiger partial charge on any atom is -0.389 e.